The van der Waals surface area contributed by atoms with Gasteiger partial charge >= 0.3 is 6.03 Å². The number of carbonyl (C=O) groups is 1. The lowest BCUT2D eigenvalue weighted by molar-refractivity contribution is 0.185. The van der Waals surface area contributed by atoms with Gasteiger partial charge in [-0.2, -0.15) is 0 Å². The Morgan fingerprint density at radius 2 is 1.87 bits per heavy atom. The van der Waals surface area contributed by atoms with E-state index in [4.69, 9.17) is 34.7 Å². The van der Waals surface area contributed by atoms with Gasteiger partial charge in [0, 0.05) is 45.6 Å². The van der Waals surface area contributed by atoms with Crippen LogP contribution in [-0.4, -0.2) is 35.0 Å². The molecule has 0 fully saturated rings. The Labute approximate surface area is 196 Å². The Morgan fingerprint density at radius 3 is 2.58 bits per heavy atom. The molecule has 3 aromatic rings. The molecule has 0 bridgehead atoms. The van der Waals surface area contributed by atoms with E-state index in [0.29, 0.717) is 36.2 Å². The molecule has 4 rings (SSSR count). The van der Waals surface area contributed by atoms with E-state index < -0.39 is 0 Å². The molecule has 31 heavy (non-hydrogen) atoms. The topological polar surface area (TPSA) is 113 Å². The van der Waals surface area contributed by atoms with Crippen LogP contribution in [0.25, 0.3) is 10.9 Å². The van der Waals surface area contributed by atoms with Gasteiger partial charge in [-0.1, -0.05) is 35.3 Å². The summed E-state index contributed by atoms with van der Waals surface area (Å²) >= 11 is 12.1. The molecule has 7 nitrogen and oxygen atoms in total. The van der Waals surface area contributed by atoms with E-state index in [1.54, 1.807) is 17.0 Å². The van der Waals surface area contributed by atoms with Crippen molar-refractivity contribution < 1.29 is 4.79 Å². The fourth-order valence-electron chi connectivity index (χ4n) is 3.86. The van der Waals surface area contributed by atoms with Crippen LogP contribution in [-0.2, 0) is 13.1 Å². The summed E-state index contributed by atoms with van der Waals surface area (Å²) in [6.45, 7) is 1.76. The zero-order valence-electron chi connectivity index (χ0n) is 16.6. The van der Waals surface area contributed by atoms with Crippen LogP contribution in [0.15, 0.2) is 47.5 Å². The maximum atomic E-state index is 12.9. The highest BCUT2D eigenvalue weighted by atomic mass is 35.5. The maximum absolute atomic E-state index is 12.9. The third kappa shape index (κ3) is 5.18. The molecule has 0 aliphatic carbocycles. The Morgan fingerprint density at radius 1 is 1.16 bits per heavy atom. The second kappa shape index (κ2) is 9.68. The van der Waals surface area contributed by atoms with Gasteiger partial charge in [0.05, 0.1) is 13.1 Å². The van der Waals surface area contributed by atoms with Crippen LogP contribution in [0.2, 0.25) is 10.0 Å². The number of rotatable bonds is 4. The first-order valence-corrected chi connectivity index (χ1v) is 10.3. The van der Waals surface area contributed by atoms with Gasteiger partial charge < -0.3 is 26.7 Å². The van der Waals surface area contributed by atoms with Gasteiger partial charge in [-0.25, -0.2) is 4.79 Å². The van der Waals surface area contributed by atoms with E-state index >= 15 is 0 Å². The van der Waals surface area contributed by atoms with Gasteiger partial charge in [0.1, 0.15) is 0 Å². The molecule has 2 heterocycles. The summed E-state index contributed by atoms with van der Waals surface area (Å²) in [5.41, 5.74) is 15.1. The van der Waals surface area contributed by atoms with Crippen molar-refractivity contribution in [3.05, 3.63) is 69.3 Å². The molecule has 1 aliphatic heterocycles. The van der Waals surface area contributed by atoms with E-state index in [-0.39, 0.29) is 30.3 Å². The summed E-state index contributed by atoms with van der Waals surface area (Å²) in [5.74, 6) is -0.0249. The third-order valence-corrected chi connectivity index (χ3v) is 5.71. The molecule has 1 aliphatic rings. The number of H-pyrrole nitrogens is 1. The standard InChI is InChI=1S/C21H22Cl2N6O.ClH/c22-14-3-1-12(2-4-14)8-27-21(30)29-10-13(9-26-20(24)25)19-16-7-15(23)5-6-17(16)28-18(19)11-29;/h1-7,13,28H,8-11H2,(H,27,30)(H4,24,25,26);1H. The fraction of sp³-hybridized carbons (Fsp3) is 0.238. The number of nitrogens with two attached hydrogens (primary N) is 2. The van der Waals surface area contributed by atoms with Crippen molar-refractivity contribution >= 4 is 58.5 Å². The molecular formula is C21H23Cl3N6O. The number of aromatic amines is 1. The number of nitrogens with one attached hydrogen (secondary N) is 2. The SMILES string of the molecule is Cl.NC(N)=NCC1CN(C(=O)NCc2ccc(Cl)cc2)Cc2[nH]c3ccc(Cl)cc3c21. The third-order valence-electron chi connectivity index (χ3n) is 5.22. The predicted octanol–water partition coefficient (Wildman–Crippen LogP) is 3.98. The van der Waals surface area contributed by atoms with Gasteiger partial charge in [0.25, 0.3) is 0 Å². The normalized spacial score (nSPS) is 15.2. The van der Waals surface area contributed by atoms with Crippen LogP contribution in [0, 0.1) is 0 Å². The number of aliphatic imine (C=N–C) groups is 1. The number of carbonyl (C=O) groups excluding carboxylic acids is 1. The van der Waals surface area contributed by atoms with Crippen molar-refractivity contribution in [1.29, 1.82) is 0 Å². The lowest BCUT2D eigenvalue weighted by atomic mass is 9.92. The lowest BCUT2D eigenvalue weighted by Gasteiger charge is -2.32. The summed E-state index contributed by atoms with van der Waals surface area (Å²) in [7, 11) is 0. The van der Waals surface area contributed by atoms with Gasteiger partial charge in [-0.15, -0.1) is 12.4 Å². The Bertz CT molecular complexity index is 1110. The number of aromatic nitrogens is 1. The van der Waals surface area contributed by atoms with Gasteiger partial charge in [0.15, 0.2) is 5.96 Å². The molecular weight excluding hydrogens is 459 g/mol. The number of guanidine groups is 1. The van der Waals surface area contributed by atoms with E-state index in [0.717, 1.165) is 27.7 Å². The predicted molar refractivity (Wildman–Crippen MR) is 128 cm³/mol. The molecule has 6 N–H and O–H groups in total. The summed E-state index contributed by atoms with van der Waals surface area (Å²) in [5, 5.41) is 5.33. The van der Waals surface area contributed by atoms with Crippen LogP contribution in [0.3, 0.4) is 0 Å². The van der Waals surface area contributed by atoms with Crippen LogP contribution in [0.5, 0.6) is 0 Å². The molecule has 1 unspecified atom stereocenters. The minimum Gasteiger partial charge on any atom is -0.370 e. The molecule has 2 amide bonds. The lowest BCUT2D eigenvalue weighted by Crippen LogP contribution is -2.44. The Hall–Kier alpha value is -2.61. The summed E-state index contributed by atoms with van der Waals surface area (Å²) in [6.07, 6.45) is 0. The second-order valence-corrected chi connectivity index (χ2v) is 8.21. The average molecular weight is 482 g/mol. The van der Waals surface area contributed by atoms with Gasteiger partial charge in [-0.3, -0.25) is 4.99 Å². The Balaban J connectivity index is 0.00000272. The summed E-state index contributed by atoms with van der Waals surface area (Å²) in [4.78, 5) is 22.3. The number of hydrogen-bond acceptors (Lipinski definition) is 2. The zero-order valence-corrected chi connectivity index (χ0v) is 18.9. The van der Waals surface area contributed by atoms with Crippen molar-refractivity contribution in [2.45, 2.75) is 19.0 Å². The van der Waals surface area contributed by atoms with E-state index in [2.05, 4.69) is 15.3 Å². The van der Waals surface area contributed by atoms with Crippen LogP contribution in [0.4, 0.5) is 4.79 Å². The minimum atomic E-state index is -0.151. The molecule has 1 atom stereocenters. The molecule has 0 radical (unpaired) electrons. The molecule has 0 spiro atoms. The smallest absolute Gasteiger partial charge is 0.318 e. The van der Waals surface area contributed by atoms with E-state index in [1.807, 2.05) is 30.3 Å². The highest BCUT2D eigenvalue weighted by molar-refractivity contribution is 6.31. The summed E-state index contributed by atoms with van der Waals surface area (Å²) in [6, 6.07) is 13.0. The number of fused-ring (bicyclic) bond motifs is 3. The van der Waals surface area contributed by atoms with E-state index in [1.165, 1.54) is 0 Å². The van der Waals surface area contributed by atoms with Crippen LogP contribution in [0.1, 0.15) is 22.7 Å². The number of benzene rings is 2. The number of hydrogen-bond donors (Lipinski definition) is 4. The van der Waals surface area contributed by atoms with Crippen LogP contribution >= 0.6 is 35.6 Å². The molecule has 0 saturated carbocycles. The molecule has 2 aromatic carbocycles. The molecule has 1 aromatic heterocycles. The molecule has 164 valence electrons. The minimum absolute atomic E-state index is 0. The quantitative estimate of drug-likeness (QED) is 0.334. The highest BCUT2D eigenvalue weighted by Crippen LogP contribution is 2.36. The second-order valence-electron chi connectivity index (χ2n) is 7.34. The maximum Gasteiger partial charge on any atom is 0.318 e. The number of amides is 2. The van der Waals surface area contributed by atoms with E-state index in [9.17, 15) is 4.79 Å². The number of urea groups is 1. The monoisotopic (exact) mass is 480 g/mol. The first-order chi connectivity index (χ1) is 14.4. The largest absolute Gasteiger partial charge is 0.370 e. The van der Waals surface area contributed by atoms with Crippen molar-refractivity contribution in [2.24, 2.45) is 16.5 Å². The first-order valence-electron chi connectivity index (χ1n) is 9.53. The molecule has 10 heteroatoms. The number of halogens is 3. The van der Waals surface area contributed by atoms with Crippen molar-refractivity contribution in [3.63, 3.8) is 0 Å². The van der Waals surface area contributed by atoms with Crippen LogP contribution < -0.4 is 16.8 Å². The highest BCUT2D eigenvalue weighted by Gasteiger charge is 2.31. The van der Waals surface area contributed by atoms with Crippen molar-refractivity contribution in [2.75, 3.05) is 13.1 Å². The number of nitrogens with zero attached hydrogens (tertiary/aromatic N) is 2. The van der Waals surface area contributed by atoms with Crippen molar-refractivity contribution in [3.8, 4) is 0 Å². The summed E-state index contributed by atoms with van der Waals surface area (Å²) < 4.78 is 0. The molecule has 0 saturated heterocycles. The Kier molecular flexibility index (Phi) is 7.20. The average Bonchev–Trinajstić information content (AvgIpc) is 3.09. The van der Waals surface area contributed by atoms with Gasteiger partial charge in [0.2, 0.25) is 0 Å². The zero-order chi connectivity index (χ0) is 21.3. The van der Waals surface area contributed by atoms with Gasteiger partial charge in [-0.05, 0) is 41.5 Å². The fourth-order valence-corrected chi connectivity index (χ4v) is 4.15. The first kappa shape index (κ1) is 23.1. The van der Waals surface area contributed by atoms with Crippen molar-refractivity contribution in [1.82, 2.24) is 15.2 Å².